The van der Waals surface area contributed by atoms with Crippen LogP contribution >= 0.6 is 15.9 Å². The summed E-state index contributed by atoms with van der Waals surface area (Å²) >= 11 is 3.35. The van der Waals surface area contributed by atoms with E-state index in [0.717, 1.165) is 10.0 Å². The van der Waals surface area contributed by atoms with Gasteiger partial charge in [0.05, 0.1) is 17.6 Å². The smallest absolute Gasteiger partial charge is 0.240 e. The fourth-order valence-electron chi connectivity index (χ4n) is 1.93. The van der Waals surface area contributed by atoms with E-state index >= 15 is 0 Å². The van der Waals surface area contributed by atoms with Gasteiger partial charge in [0, 0.05) is 11.0 Å². The summed E-state index contributed by atoms with van der Waals surface area (Å²) in [6.07, 6.45) is -0.267. The molecule has 20 heavy (non-hydrogen) atoms. The average molecular weight is 364 g/mol. The summed E-state index contributed by atoms with van der Waals surface area (Å²) in [5.74, 6) is -0.649. The molecule has 0 bridgehead atoms. The van der Waals surface area contributed by atoms with Gasteiger partial charge >= 0.3 is 0 Å². The number of nitrogens with one attached hydrogen (secondary N) is 1. The molecule has 0 radical (unpaired) electrons. The summed E-state index contributed by atoms with van der Waals surface area (Å²) in [4.78, 5) is 0.247. The van der Waals surface area contributed by atoms with Crippen molar-refractivity contribution in [2.24, 2.45) is 0 Å². The predicted molar refractivity (Wildman–Crippen MR) is 79.0 cm³/mol. The quantitative estimate of drug-likeness (QED) is 0.890. The van der Waals surface area contributed by atoms with Crippen molar-refractivity contribution in [3.63, 3.8) is 0 Å². The van der Waals surface area contributed by atoms with Gasteiger partial charge in [0.15, 0.2) is 5.79 Å². The van der Waals surface area contributed by atoms with Crippen molar-refractivity contribution in [2.45, 2.75) is 37.6 Å². The van der Waals surface area contributed by atoms with Gasteiger partial charge in [-0.1, -0.05) is 15.9 Å². The number of hydrogen-bond acceptors (Lipinski definition) is 4. The van der Waals surface area contributed by atoms with Crippen LogP contribution in [0.25, 0.3) is 0 Å². The number of rotatable bonds is 4. The lowest BCUT2D eigenvalue weighted by atomic mass is 10.2. The van der Waals surface area contributed by atoms with Gasteiger partial charge in [0.25, 0.3) is 0 Å². The Hall–Kier alpha value is -0.470. The van der Waals surface area contributed by atoms with Crippen LogP contribution in [-0.2, 0) is 19.5 Å². The molecule has 1 heterocycles. The van der Waals surface area contributed by atoms with E-state index in [1.54, 1.807) is 32.0 Å². The van der Waals surface area contributed by atoms with E-state index in [0.29, 0.717) is 6.61 Å². The molecule has 1 saturated heterocycles. The lowest BCUT2D eigenvalue weighted by Crippen LogP contribution is -2.34. The highest BCUT2D eigenvalue weighted by Gasteiger charge is 2.33. The van der Waals surface area contributed by atoms with Crippen molar-refractivity contribution >= 4 is 26.0 Å². The highest BCUT2D eigenvalue weighted by molar-refractivity contribution is 9.10. The summed E-state index contributed by atoms with van der Waals surface area (Å²) in [5, 5.41) is 0. The van der Waals surface area contributed by atoms with Crippen LogP contribution < -0.4 is 4.72 Å². The van der Waals surface area contributed by atoms with Gasteiger partial charge in [-0.25, -0.2) is 13.1 Å². The summed E-state index contributed by atoms with van der Waals surface area (Å²) < 4.78 is 38.8. The number of sulfonamides is 1. The molecule has 5 nitrogen and oxygen atoms in total. The first kappa shape index (κ1) is 15.9. The molecule has 1 aliphatic rings. The van der Waals surface area contributed by atoms with E-state index in [2.05, 4.69) is 20.7 Å². The minimum Gasteiger partial charge on any atom is -0.348 e. The second-order valence-corrected chi connectivity index (χ2v) is 7.83. The van der Waals surface area contributed by atoms with Crippen LogP contribution in [0.4, 0.5) is 0 Å². The van der Waals surface area contributed by atoms with E-state index in [4.69, 9.17) is 9.47 Å². The first-order valence-electron chi connectivity index (χ1n) is 6.27. The summed E-state index contributed by atoms with van der Waals surface area (Å²) in [6, 6.07) is 4.92. The number of aryl methyl sites for hydroxylation is 1. The molecule has 112 valence electrons. The number of benzene rings is 1. The van der Waals surface area contributed by atoms with Crippen LogP contribution in [0, 0.1) is 6.92 Å². The third kappa shape index (κ3) is 3.79. The summed E-state index contributed by atoms with van der Waals surface area (Å²) in [6.45, 7) is 6.04. The molecule has 1 atom stereocenters. The van der Waals surface area contributed by atoms with Crippen LogP contribution in [-0.4, -0.2) is 33.5 Å². The van der Waals surface area contributed by atoms with Gasteiger partial charge in [0.2, 0.25) is 10.0 Å². The van der Waals surface area contributed by atoms with Crippen molar-refractivity contribution in [3.8, 4) is 0 Å². The van der Waals surface area contributed by atoms with Crippen molar-refractivity contribution in [1.29, 1.82) is 0 Å². The molecule has 1 N–H and O–H groups in total. The Balaban J connectivity index is 2.03. The number of hydrogen-bond donors (Lipinski definition) is 1. The van der Waals surface area contributed by atoms with Crippen LogP contribution in [0.1, 0.15) is 19.4 Å². The van der Waals surface area contributed by atoms with Gasteiger partial charge in [-0.3, -0.25) is 0 Å². The molecule has 0 saturated carbocycles. The lowest BCUT2D eigenvalue weighted by molar-refractivity contribution is -0.137. The molecule has 7 heteroatoms. The van der Waals surface area contributed by atoms with Gasteiger partial charge in [0.1, 0.15) is 0 Å². The molecular formula is C13H18BrNO4S. The van der Waals surface area contributed by atoms with Gasteiger partial charge < -0.3 is 9.47 Å². The van der Waals surface area contributed by atoms with E-state index in [9.17, 15) is 8.42 Å². The van der Waals surface area contributed by atoms with Gasteiger partial charge in [-0.15, -0.1) is 0 Å². The molecule has 0 aromatic heterocycles. The fourth-order valence-corrected chi connectivity index (χ4v) is 3.33. The normalized spacial score (nSPS) is 22.1. The number of halogens is 1. The lowest BCUT2D eigenvalue weighted by Gasteiger charge is -2.17. The number of ether oxygens (including phenoxy) is 2. The maximum Gasteiger partial charge on any atom is 0.240 e. The van der Waals surface area contributed by atoms with Gasteiger partial charge in [-0.2, -0.15) is 0 Å². The average Bonchev–Trinajstić information content (AvgIpc) is 2.70. The van der Waals surface area contributed by atoms with Crippen LogP contribution in [0.3, 0.4) is 0 Å². The molecule has 1 aliphatic heterocycles. The van der Waals surface area contributed by atoms with Crippen molar-refractivity contribution in [2.75, 3.05) is 13.2 Å². The first-order chi connectivity index (χ1) is 9.20. The maximum atomic E-state index is 12.2. The second-order valence-electron chi connectivity index (χ2n) is 5.21. The van der Waals surface area contributed by atoms with Crippen molar-refractivity contribution in [1.82, 2.24) is 4.72 Å². The highest BCUT2D eigenvalue weighted by Crippen LogP contribution is 2.23. The predicted octanol–water partition coefficient (Wildman–Crippen LogP) is 2.19. The Labute approximate surface area is 127 Å². The highest BCUT2D eigenvalue weighted by atomic mass is 79.9. The van der Waals surface area contributed by atoms with E-state index in [1.807, 2.05) is 6.92 Å². The van der Waals surface area contributed by atoms with E-state index < -0.39 is 15.8 Å². The zero-order chi connectivity index (χ0) is 15.0. The monoisotopic (exact) mass is 363 g/mol. The first-order valence-corrected chi connectivity index (χ1v) is 8.55. The van der Waals surface area contributed by atoms with E-state index in [1.165, 1.54) is 0 Å². The Kier molecular flexibility index (Phi) is 4.56. The third-order valence-electron chi connectivity index (χ3n) is 3.01. The maximum absolute atomic E-state index is 12.2. The molecule has 2 rings (SSSR count). The molecule has 0 spiro atoms. The molecule has 1 aromatic carbocycles. The largest absolute Gasteiger partial charge is 0.348 e. The molecule has 1 aromatic rings. The molecule has 1 unspecified atom stereocenters. The van der Waals surface area contributed by atoms with Crippen LogP contribution in [0.2, 0.25) is 0 Å². The SMILES string of the molecule is Cc1cc(S(=O)(=O)NCC2COC(C)(C)O2)ccc1Br. The fraction of sp³-hybridized carbons (Fsp3) is 0.538. The standard InChI is InChI=1S/C13H18BrNO4S/c1-9-6-11(4-5-12(9)14)20(16,17)15-7-10-8-18-13(2,3)19-10/h4-6,10,15H,7-8H2,1-3H3. The summed E-state index contributed by atoms with van der Waals surface area (Å²) in [5.41, 5.74) is 0.870. The molecule has 0 aliphatic carbocycles. The Morgan fingerprint density at radius 2 is 2.15 bits per heavy atom. The topological polar surface area (TPSA) is 64.6 Å². The Morgan fingerprint density at radius 3 is 2.70 bits per heavy atom. The Bertz CT molecular complexity index is 600. The van der Waals surface area contributed by atoms with Crippen LogP contribution in [0.15, 0.2) is 27.6 Å². The van der Waals surface area contributed by atoms with Crippen molar-refractivity contribution in [3.05, 3.63) is 28.2 Å². The summed E-state index contributed by atoms with van der Waals surface area (Å²) in [7, 11) is -3.53. The van der Waals surface area contributed by atoms with Gasteiger partial charge in [-0.05, 0) is 44.5 Å². The molecular weight excluding hydrogens is 346 g/mol. The third-order valence-corrected chi connectivity index (χ3v) is 5.32. The zero-order valence-corrected chi connectivity index (χ0v) is 14.0. The zero-order valence-electron chi connectivity index (χ0n) is 11.6. The minimum atomic E-state index is -3.53. The van der Waals surface area contributed by atoms with Crippen LogP contribution in [0.5, 0.6) is 0 Å². The molecule has 0 amide bonds. The minimum absolute atomic E-state index is 0.195. The van der Waals surface area contributed by atoms with Crippen molar-refractivity contribution < 1.29 is 17.9 Å². The van der Waals surface area contributed by atoms with E-state index in [-0.39, 0.29) is 17.5 Å². The second kappa shape index (κ2) is 5.73. The molecule has 1 fully saturated rings. The Morgan fingerprint density at radius 1 is 1.45 bits per heavy atom.